The van der Waals surface area contributed by atoms with Crippen molar-refractivity contribution < 1.29 is 19.4 Å². The van der Waals surface area contributed by atoms with Gasteiger partial charge in [-0.05, 0) is 24.0 Å². The van der Waals surface area contributed by atoms with Gasteiger partial charge in [-0.2, -0.15) is 0 Å². The molecule has 1 N–H and O–H groups in total. The van der Waals surface area contributed by atoms with Gasteiger partial charge in [0.15, 0.2) is 11.6 Å². The van der Waals surface area contributed by atoms with Gasteiger partial charge in [0.1, 0.15) is 5.75 Å². The van der Waals surface area contributed by atoms with Crippen molar-refractivity contribution in [3.8, 4) is 5.75 Å². The Labute approximate surface area is 145 Å². The van der Waals surface area contributed by atoms with Crippen LogP contribution in [-0.2, 0) is 16.6 Å². The van der Waals surface area contributed by atoms with Gasteiger partial charge in [-0.3, -0.25) is 9.59 Å². The van der Waals surface area contributed by atoms with E-state index in [0.717, 1.165) is 22.5 Å². The third-order valence-electron chi connectivity index (χ3n) is 3.42. The van der Waals surface area contributed by atoms with Crippen LogP contribution in [0.5, 0.6) is 5.75 Å². The highest BCUT2D eigenvalue weighted by atomic mass is 32.1. The number of thiazole rings is 1. The quantitative estimate of drug-likeness (QED) is 0.807. The van der Waals surface area contributed by atoms with Gasteiger partial charge >= 0.3 is 5.97 Å². The lowest BCUT2D eigenvalue weighted by atomic mass is 9.85. The molecule has 1 aromatic heterocycles. The summed E-state index contributed by atoms with van der Waals surface area (Å²) in [6, 6.07) is 5.89. The van der Waals surface area contributed by atoms with Crippen LogP contribution >= 0.6 is 11.3 Å². The number of ketones is 1. The maximum Gasteiger partial charge on any atom is 0.309 e. The molecule has 2 rings (SSSR count). The molecule has 0 amide bonds. The smallest absolute Gasteiger partial charge is 0.309 e. The summed E-state index contributed by atoms with van der Waals surface area (Å²) in [6.07, 6.45) is -0.184. The van der Waals surface area contributed by atoms with E-state index < -0.39 is 5.97 Å². The fourth-order valence-corrected chi connectivity index (χ4v) is 2.98. The zero-order valence-corrected chi connectivity index (χ0v) is 15.1. The molecule has 0 spiro atoms. The number of hydrogen-bond donors (Lipinski definition) is 1. The summed E-state index contributed by atoms with van der Waals surface area (Å²) >= 11 is 1.14. The molecule has 0 radical (unpaired) electrons. The van der Waals surface area contributed by atoms with E-state index in [0.29, 0.717) is 11.4 Å². The van der Waals surface area contributed by atoms with E-state index in [2.05, 4.69) is 31.8 Å². The van der Waals surface area contributed by atoms with Crippen molar-refractivity contribution in [3.05, 3.63) is 45.4 Å². The average molecular weight is 347 g/mol. The van der Waals surface area contributed by atoms with Gasteiger partial charge in [0.05, 0.1) is 12.1 Å². The van der Waals surface area contributed by atoms with E-state index in [4.69, 9.17) is 9.84 Å². The fourth-order valence-electron chi connectivity index (χ4n) is 2.23. The van der Waals surface area contributed by atoms with Crippen molar-refractivity contribution in [2.24, 2.45) is 0 Å². The number of rotatable bonds is 6. The molecule has 0 aliphatic rings. The van der Waals surface area contributed by atoms with Crippen LogP contribution in [-0.4, -0.2) is 28.4 Å². The highest BCUT2D eigenvalue weighted by molar-refractivity contribution is 7.11. The standard InChI is InChI=1S/C18H21NO4S/c1-11-5-6-15(13(7-11)18(2,3)4)23-9-14(20)17-19-12(10-24-17)8-16(21)22/h5-7,10H,8-9H2,1-4H3,(H,21,22). The molecule has 24 heavy (non-hydrogen) atoms. The lowest BCUT2D eigenvalue weighted by Gasteiger charge is -2.23. The number of carbonyl (C=O) groups is 2. The number of aliphatic carboxylic acids is 1. The Kier molecular flexibility index (Phi) is 5.39. The van der Waals surface area contributed by atoms with Crippen molar-refractivity contribution in [3.63, 3.8) is 0 Å². The number of benzene rings is 1. The van der Waals surface area contributed by atoms with Gasteiger partial charge in [-0.1, -0.05) is 38.5 Å². The number of Topliss-reactive ketones (excluding diaryl/α,β-unsaturated/α-hetero) is 1. The minimum absolute atomic E-state index is 0.0970. The highest BCUT2D eigenvalue weighted by Crippen LogP contribution is 2.32. The molecule has 1 aromatic carbocycles. The number of hydrogen-bond acceptors (Lipinski definition) is 5. The molecular weight excluding hydrogens is 326 g/mol. The van der Waals surface area contributed by atoms with E-state index in [1.54, 1.807) is 5.38 Å². The second kappa shape index (κ2) is 7.13. The van der Waals surface area contributed by atoms with Crippen LogP contribution in [0.1, 0.15) is 47.4 Å². The largest absolute Gasteiger partial charge is 0.485 e. The number of ether oxygens (including phenoxy) is 1. The molecule has 0 atom stereocenters. The van der Waals surface area contributed by atoms with Crippen LogP contribution < -0.4 is 4.74 Å². The first-order valence-corrected chi connectivity index (χ1v) is 8.48. The Morgan fingerprint density at radius 2 is 2.00 bits per heavy atom. The van der Waals surface area contributed by atoms with E-state index in [1.165, 1.54) is 0 Å². The number of carboxylic acids is 1. The average Bonchev–Trinajstić information content (AvgIpc) is 2.92. The second-order valence-electron chi connectivity index (χ2n) is 6.68. The molecule has 128 valence electrons. The summed E-state index contributed by atoms with van der Waals surface area (Å²) in [7, 11) is 0. The molecule has 6 heteroatoms. The Morgan fingerprint density at radius 1 is 1.29 bits per heavy atom. The van der Waals surface area contributed by atoms with E-state index in [1.807, 2.05) is 19.1 Å². The van der Waals surface area contributed by atoms with Gasteiger partial charge < -0.3 is 9.84 Å². The van der Waals surface area contributed by atoms with Crippen LogP contribution in [0, 0.1) is 6.92 Å². The van der Waals surface area contributed by atoms with Gasteiger partial charge in [0, 0.05) is 5.38 Å². The summed E-state index contributed by atoms with van der Waals surface area (Å²) in [5.74, 6) is -0.536. The monoisotopic (exact) mass is 347 g/mol. The predicted octanol–water partition coefficient (Wildman–Crippen LogP) is 3.64. The summed E-state index contributed by atoms with van der Waals surface area (Å²) in [6.45, 7) is 8.18. The molecular formula is C18H21NO4S. The number of nitrogens with zero attached hydrogens (tertiary/aromatic N) is 1. The molecule has 0 aliphatic carbocycles. The Balaban J connectivity index is 2.09. The first-order chi connectivity index (χ1) is 11.2. The zero-order valence-electron chi connectivity index (χ0n) is 14.3. The maximum absolute atomic E-state index is 12.2. The van der Waals surface area contributed by atoms with Crippen LogP contribution in [0.3, 0.4) is 0 Å². The molecule has 0 bridgehead atoms. The topological polar surface area (TPSA) is 76.5 Å². The van der Waals surface area contributed by atoms with E-state index >= 15 is 0 Å². The number of aromatic nitrogens is 1. The third kappa shape index (κ3) is 4.64. The molecule has 5 nitrogen and oxygen atoms in total. The van der Waals surface area contributed by atoms with Gasteiger partial charge in [0.2, 0.25) is 5.78 Å². The van der Waals surface area contributed by atoms with Crippen LogP contribution in [0.15, 0.2) is 23.6 Å². The lowest BCUT2D eigenvalue weighted by molar-refractivity contribution is -0.136. The van der Waals surface area contributed by atoms with Crippen molar-refractivity contribution in [2.45, 2.75) is 39.5 Å². The first kappa shape index (κ1) is 18.1. The molecule has 0 unspecified atom stereocenters. The van der Waals surface area contributed by atoms with Crippen molar-refractivity contribution in [2.75, 3.05) is 6.61 Å². The first-order valence-electron chi connectivity index (χ1n) is 7.60. The summed E-state index contributed by atoms with van der Waals surface area (Å²) in [5.41, 5.74) is 2.47. The Morgan fingerprint density at radius 3 is 2.62 bits per heavy atom. The fraction of sp³-hybridized carbons (Fsp3) is 0.389. The van der Waals surface area contributed by atoms with Gasteiger partial charge in [-0.15, -0.1) is 11.3 Å². The molecule has 0 fully saturated rings. The minimum atomic E-state index is -0.968. The Bertz CT molecular complexity index is 759. The molecule has 2 aromatic rings. The predicted molar refractivity (Wildman–Crippen MR) is 93.2 cm³/mol. The van der Waals surface area contributed by atoms with Crippen LogP contribution in [0.4, 0.5) is 0 Å². The summed E-state index contributed by atoms with van der Waals surface area (Å²) in [4.78, 5) is 26.9. The van der Waals surface area contributed by atoms with Crippen LogP contribution in [0.25, 0.3) is 0 Å². The van der Waals surface area contributed by atoms with Crippen LogP contribution in [0.2, 0.25) is 0 Å². The van der Waals surface area contributed by atoms with Gasteiger partial charge in [0.25, 0.3) is 0 Å². The maximum atomic E-state index is 12.2. The molecule has 0 saturated carbocycles. The zero-order chi connectivity index (χ0) is 17.9. The SMILES string of the molecule is Cc1ccc(OCC(=O)c2nc(CC(=O)O)cs2)c(C(C)(C)C)c1. The third-order valence-corrected chi connectivity index (χ3v) is 4.36. The van der Waals surface area contributed by atoms with Crippen molar-refractivity contribution in [1.29, 1.82) is 0 Å². The van der Waals surface area contributed by atoms with E-state index in [-0.39, 0.29) is 29.2 Å². The van der Waals surface area contributed by atoms with E-state index in [9.17, 15) is 9.59 Å². The number of carboxylic acid groups (broad SMARTS) is 1. The molecule has 0 aliphatic heterocycles. The minimum Gasteiger partial charge on any atom is -0.485 e. The lowest BCUT2D eigenvalue weighted by Crippen LogP contribution is -2.17. The second-order valence-corrected chi connectivity index (χ2v) is 7.53. The molecule has 0 saturated heterocycles. The number of aryl methyl sites for hydroxylation is 1. The normalized spacial score (nSPS) is 11.3. The highest BCUT2D eigenvalue weighted by Gasteiger charge is 2.20. The number of carbonyl (C=O) groups excluding carboxylic acids is 1. The summed E-state index contributed by atoms with van der Waals surface area (Å²) in [5, 5.41) is 10.6. The molecule has 1 heterocycles. The van der Waals surface area contributed by atoms with Crippen molar-refractivity contribution >= 4 is 23.1 Å². The summed E-state index contributed by atoms with van der Waals surface area (Å²) < 4.78 is 5.73. The van der Waals surface area contributed by atoms with Crippen molar-refractivity contribution in [1.82, 2.24) is 4.98 Å². The van der Waals surface area contributed by atoms with Gasteiger partial charge in [-0.25, -0.2) is 4.98 Å². The Hall–Kier alpha value is -2.21.